The average molecular weight is 334 g/mol. The highest BCUT2D eigenvalue weighted by Gasteiger charge is 2.06. The van der Waals surface area contributed by atoms with Crippen LogP contribution in [0.4, 0.5) is 17.3 Å². The summed E-state index contributed by atoms with van der Waals surface area (Å²) in [6.07, 6.45) is 0. The number of aromatic nitrogens is 2. The van der Waals surface area contributed by atoms with Gasteiger partial charge in [0.2, 0.25) is 0 Å². The SMILES string of the molecule is COc1ccccc1Nc1cc(NCc2ccccc2C)nc(C)n1. The third-order valence-electron chi connectivity index (χ3n) is 3.93. The van der Waals surface area contributed by atoms with E-state index in [2.05, 4.69) is 39.7 Å². The van der Waals surface area contributed by atoms with Gasteiger partial charge in [-0.1, -0.05) is 36.4 Å². The lowest BCUT2D eigenvalue weighted by Gasteiger charge is -2.13. The first kappa shape index (κ1) is 16.8. The van der Waals surface area contributed by atoms with Crippen LogP contribution in [0.2, 0.25) is 0 Å². The Morgan fingerprint density at radius 3 is 2.44 bits per heavy atom. The Balaban J connectivity index is 1.77. The fourth-order valence-corrected chi connectivity index (χ4v) is 2.60. The predicted octanol–water partition coefficient (Wildman–Crippen LogP) is 4.46. The quantitative estimate of drug-likeness (QED) is 0.697. The number of nitrogens with one attached hydrogen (secondary N) is 2. The molecule has 0 saturated carbocycles. The minimum atomic E-state index is 0.701. The van der Waals surface area contributed by atoms with Crippen molar-refractivity contribution < 1.29 is 4.74 Å². The number of hydrogen-bond acceptors (Lipinski definition) is 5. The van der Waals surface area contributed by atoms with Crippen LogP contribution in [0, 0.1) is 13.8 Å². The van der Waals surface area contributed by atoms with Crippen LogP contribution in [0.1, 0.15) is 17.0 Å². The molecule has 0 fully saturated rings. The first-order chi connectivity index (χ1) is 12.2. The highest BCUT2D eigenvalue weighted by Crippen LogP contribution is 2.27. The smallest absolute Gasteiger partial charge is 0.142 e. The van der Waals surface area contributed by atoms with Crippen LogP contribution in [0.3, 0.4) is 0 Å². The number of para-hydroxylation sites is 2. The van der Waals surface area contributed by atoms with Gasteiger partial charge >= 0.3 is 0 Å². The Morgan fingerprint density at radius 1 is 0.920 bits per heavy atom. The Bertz CT molecular complexity index is 864. The summed E-state index contributed by atoms with van der Waals surface area (Å²) in [5, 5.41) is 6.67. The lowest BCUT2D eigenvalue weighted by atomic mass is 10.1. The summed E-state index contributed by atoms with van der Waals surface area (Å²) in [4.78, 5) is 8.93. The summed E-state index contributed by atoms with van der Waals surface area (Å²) >= 11 is 0. The van der Waals surface area contributed by atoms with Gasteiger partial charge < -0.3 is 15.4 Å². The normalized spacial score (nSPS) is 10.4. The second-order valence-electron chi connectivity index (χ2n) is 5.79. The van der Waals surface area contributed by atoms with E-state index in [1.54, 1.807) is 7.11 Å². The van der Waals surface area contributed by atoms with Crippen LogP contribution < -0.4 is 15.4 Å². The first-order valence-electron chi connectivity index (χ1n) is 8.20. The van der Waals surface area contributed by atoms with Gasteiger partial charge in [0, 0.05) is 12.6 Å². The van der Waals surface area contributed by atoms with Crippen molar-refractivity contribution in [3.05, 3.63) is 71.5 Å². The maximum absolute atomic E-state index is 5.37. The van der Waals surface area contributed by atoms with E-state index in [0.717, 1.165) is 29.6 Å². The van der Waals surface area contributed by atoms with E-state index >= 15 is 0 Å². The zero-order valence-corrected chi connectivity index (χ0v) is 14.7. The van der Waals surface area contributed by atoms with Gasteiger partial charge in [-0.25, -0.2) is 9.97 Å². The third-order valence-corrected chi connectivity index (χ3v) is 3.93. The van der Waals surface area contributed by atoms with Crippen molar-refractivity contribution in [3.63, 3.8) is 0 Å². The molecule has 0 aliphatic heterocycles. The van der Waals surface area contributed by atoms with Crippen LogP contribution in [-0.2, 0) is 6.54 Å². The van der Waals surface area contributed by atoms with Crippen LogP contribution in [0.25, 0.3) is 0 Å². The Labute approximate surface area is 148 Å². The van der Waals surface area contributed by atoms with Crippen LogP contribution >= 0.6 is 0 Å². The maximum atomic E-state index is 5.37. The monoisotopic (exact) mass is 334 g/mol. The van der Waals surface area contributed by atoms with E-state index < -0.39 is 0 Å². The van der Waals surface area contributed by atoms with Crippen LogP contribution in [0.5, 0.6) is 5.75 Å². The molecule has 1 aromatic heterocycles. The lowest BCUT2D eigenvalue weighted by molar-refractivity contribution is 0.417. The standard InChI is InChI=1S/C20H22N4O/c1-14-8-4-5-9-16(14)13-21-19-12-20(23-15(2)22-19)24-17-10-6-7-11-18(17)25-3/h4-12H,13H2,1-3H3,(H2,21,22,23,24). The molecule has 0 atom stereocenters. The summed E-state index contributed by atoms with van der Waals surface area (Å²) in [5.41, 5.74) is 3.37. The number of hydrogen-bond donors (Lipinski definition) is 2. The van der Waals surface area contributed by atoms with Gasteiger partial charge in [0.25, 0.3) is 0 Å². The third kappa shape index (κ3) is 4.26. The molecule has 3 aromatic rings. The first-order valence-corrected chi connectivity index (χ1v) is 8.20. The van der Waals surface area contributed by atoms with Crippen molar-refractivity contribution in [2.45, 2.75) is 20.4 Å². The summed E-state index contributed by atoms with van der Waals surface area (Å²) < 4.78 is 5.37. The molecule has 3 rings (SSSR count). The second kappa shape index (κ2) is 7.66. The highest BCUT2D eigenvalue weighted by atomic mass is 16.5. The Hall–Kier alpha value is -3.08. The maximum Gasteiger partial charge on any atom is 0.142 e. The molecule has 0 aliphatic rings. The molecule has 0 spiro atoms. The van der Waals surface area contributed by atoms with Crippen molar-refractivity contribution in [3.8, 4) is 5.75 Å². The van der Waals surface area contributed by atoms with Crippen molar-refractivity contribution in [2.24, 2.45) is 0 Å². The second-order valence-corrected chi connectivity index (χ2v) is 5.79. The number of aryl methyl sites for hydroxylation is 2. The summed E-state index contributed by atoms with van der Waals surface area (Å²) in [6, 6.07) is 18.0. The fraction of sp³-hybridized carbons (Fsp3) is 0.200. The van der Waals surface area contributed by atoms with E-state index in [1.165, 1.54) is 11.1 Å². The van der Waals surface area contributed by atoms with Gasteiger partial charge in [-0.15, -0.1) is 0 Å². The minimum Gasteiger partial charge on any atom is -0.495 e. The van der Waals surface area contributed by atoms with Crippen molar-refractivity contribution in [1.29, 1.82) is 0 Å². The molecule has 128 valence electrons. The van der Waals surface area contributed by atoms with Crippen molar-refractivity contribution >= 4 is 17.3 Å². The molecule has 25 heavy (non-hydrogen) atoms. The molecule has 0 saturated heterocycles. The molecule has 0 radical (unpaired) electrons. The highest BCUT2D eigenvalue weighted by molar-refractivity contribution is 5.65. The van der Waals surface area contributed by atoms with Gasteiger partial charge in [0.05, 0.1) is 12.8 Å². The van der Waals surface area contributed by atoms with Gasteiger partial charge in [-0.3, -0.25) is 0 Å². The number of anilines is 3. The Morgan fingerprint density at radius 2 is 1.64 bits per heavy atom. The molecule has 0 aliphatic carbocycles. The number of nitrogens with zero attached hydrogens (tertiary/aromatic N) is 2. The molecule has 2 N–H and O–H groups in total. The minimum absolute atomic E-state index is 0.701. The molecule has 0 bridgehead atoms. The van der Waals surface area contributed by atoms with Gasteiger partial charge in [-0.05, 0) is 37.1 Å². The van der Waals surface area contributed by atoms with E-state index in [9.17, 15) is 0 Å². The van der Waals surface area contributed by atoms with Crippen molar-refractivity contribution in [1.82, 2.24) is 9.97 Å². The van der Waals surface area contributed by atoms with E-state index in [1.807, 2.05) is 49.4 Å². The molecular formula is C20H22N4O. The zero-order valence-electron chi connectivity index (χ0n) is 14.7. The molecule has 2 aromatic carbocycles. The zero-order chi connectivity index (χ0) is 17.6. The predicted molar refractivity (Wildman–Crippen MR) is 102 cm³/mol. The van der Waals surface area contributed by atoms with Crippen molar-refractivity contribution in [2.75, 3.05) is 17.7 Å². The van der Waals surface area contributed by atoms with Gasteiger partial charge in [-0.2, -0.15) is 0 Å². The number of benzene rings is 2. The Kier molecular flexibility index (Phi) is 5.14. The number of ether oxygens (including phenoxy) is 1. The largest absolute Gasteiger partial charge is 0.495 e. The molecule has 5 heteroatoms. The summed E-state index contributed by atoms with van der Waals surface area (Å²) in [6.45, 7) is 4.71. The molecule has 1 heterocycles. The lowest BCUT2D eigenvalue weighted by Crippen LogP contribution is -2.06. The van der Waals surface area contributed by atoms with Gasteiger partial charge in [0.15, 0.2) is 0 Å². The fourth-order valence-electron chi connectivity index (χ4n) is 2.60. The molecular weight excluding hydrogens is 312 g/mol. The van der Waals surface area contributed by atoms with Crippen LogP contribution in [0.15, 0.2) is 54.6 Å². The summed E-state index contributed by atoms with van der Waals surface area (Å²) in [7, 11) is 1.65. The molecule has 0 unspecified atom stereocenters. The topological polar surface area (TPSA) is 59.1 Å². The van der Waals surface area contributed by atoms with E-state index in [4.69, 9.17) is 4.74 Å². The summed E-state index contributed by atoms with van der Waals surface area (Å²) in [5.74, 6) is 2.98. The average Bonchev–Trinajstić information content (AvgIpc) is 2.61. The molecule has 5 nitrogen and oxygen atoms in total. The van der Waals surface area contributed by atoms with Crippen LogP contribution in [-0.4, -0.2) is 17.1 Å². The van der Waals surface area contributed by atoms with E-state index in [-0.39, 0.29) is 0 Å². The number of rotatable bonds is 6. The van der Waals surface area contributed by atoms with Gasteiger partial charge in [0.1, 0.15) is 23.2 Å². The molecule has 0 amide bonds. The van der Waals surface area contributed by atoms with E-state index in [0.29, 0.717) is 5.82 Å². The number of methoxy groups -OCH3 is 1.